The van der Waals surface area contributed by atoms with Gasteiger partial charge in [-0.3, -0.25) is 4.79 Å². The van der Waals surface area contributed by atoms with Crippen LogP contribution in [0.25, 0.3) is 0 Å². The third-order valence-electron chi connectivity index (χ3n) is 4.23. The molecule has 1 aliphatic heterocycles. The molecule has 0 amide bonds. The normalized spacial score (nSPS) is 12.9. The van der Waals surface area contributed by atoms with Crippen molar-refractivity contribution in [3.63, 3.8) is 0 Å². The molecule has 0 spiro atoms. The summed E-state index contributed by atoms with van der Waals surface area (Å²) in [6, 6.07) is 6.47. The van der Waals surface area contributed by atoms with Crippen molar-refractivity contribution >= 4 is 5.78 Å². The predicted molar refractivity (Wildman–Crippen MR) is 89.4 cm³/mol. The average molecular weight is 328 g/mol. The van der Waals surface area contributed by atoms with E-state index in [1.807, 2.05) is 26.0 Å². The van der Waals surface area contributed by atoms with Crippen LogP contribution in [-0.2, 0) is 12.8 Å². The Hall–Kier alpha value is -2.69. The monoisotopic (exact) mass is 328 g/mol. The van der Waals surface area contributed by atoms with Gasteiger partial charge in [-0.05, 0) is 48.2 Å². The predicted octanol–water partition coefficient (Wildman–Crippen LogP) is 3.17. The number of ether oxygens (including phenoxy) is 2. The summed E-state index contributed by atoms with van der Waals surface area (Å²) in [6.45, 7) is 4.80. The number of aryl methyl sites for hydroxylation is 2. The molecule has 0 bridgehead atoms. The van der Waals surface area contributed by atoms with Crippen LogP contribution in [0, 0.1) is 6.92 Å². The quantitative estimate of drug-likeness (QED) is 0.843. The lowest BCUT2D eigenvalue weighted by atomic mass is 9.96. The lowest BCUT2D eigenvalue weighted by Crippen LogP contribution is -2.16. The fourth-order valence-corrected chi connectivity index (χ4v) is 2.82. The van der Waals surface area contributed by atoms with Gasteiger partial charge < -0.3 is 19.7 Å². The van der Waals surface area contributed by atoms with Crippen molar-refractivity contribution in [2.24, 2.45) is 0 Å². The summed E-state index contributed by atoms with van der Waals surface area (Å²) in [5, 5.41) is 19.8. The number of carbonyl (C=O) groups is 1. The first-order chi connectivity index (χ1) is 11.5. The molecule has 0 unspecified atom stereocenters. The largest absolute Gasteiger partial charge is 0.508 e. The minimum atomic E-state index is -0.207. The van der Waals surface area contributed by atoms with Crippen LogP contribution in [0.15, 0.2) is 24.3 Å². The van der Waals surface area contributed by atoms with Crippen LogP contribution in [0.5, 0.6) is 23.0 Å². The van der Waals surface area contributed by atoms with Crippen molar-refractivity contribution in [2.75, 3.05) is 13.2 Å². The lowest BCUT2D eigenvalue weighted by Gasteiger charge is -2.20. The minimum Gasteiger partial charge on any atom is -0.508 e. The van der Waals surface area contributed by atoms with E-state index in [-0.39, 0.29) is 29.3 Å². The number of phenols is 2. The number of carbonyl (C=O) groups excluding carboxylic acids is 1. The zero-order valence-electron chi connectivity index (χ0n) is 13.8. The maximum atomic E-state index is 12.6. The number of benzene rings is 2. The number of phenolic OH excluding ortho intramolecular Hbond substituents is 2. The van der Waals surface area contributed by atoms with E-state index >= 15 is 0 Å². The fraction of sp³-hybridized carbons (Fsp3) is 0.316. The summed E-state index contributed by atoms with van der Waals surface area (Å²) < 4.78 is 11.1. The topological polar surface area (TPSA) is 76.0 Å². The summed E-state index contributed by atoms with van der Waals surface area (Å²) in [7, 11) is 0. The molecule has 0 saturated heterocycles. The van der Waals surface area contributed by atoms with E-state index < -0.39 is 0 Å². The second-order valence-electron chi connectivity index (χ2n) is 5.87. The van der Waals surface area contributed by atoms with Crippen LogP contribution in [-0.4, -0.2) is 29.2 Å². The molecule has 2 aromatic rings. The van der Waals surface area contributed by atoms with Gasteiger partial charge in [0.05, 0.1) is 5.56 Å². The van der Waals surface area contributed by atoms with E-state index in [1.165, 1.54) is 6.07 Å². The van der Waals surface area contributed by atoms with Gasteiger partial charge in [0.25, 0.3) is 0 Å². The van der Waals surface area contributed by atoms with Crippen LogP contribution < -0.4 is 9.47 Å². The first-order valence-corrected chi connectivity index (χ1v) is 7.96. The van der Waals surface area contributed by atoms with Crippen molar-refractivity contribution in [1.82, 2.24) is 0 Å². The summed E-state index contributed by atoms with van der Waals surface area (Å²) in [5.74, 6) is 0.920. The summed E-state index contributed by atoms with van der Waals surface area (Å²) in [6.07, 6.45) is 0.722. The lowest BCUT2D eigenvalue weighted by molar-refractivity contribution is 0.0990. The number of ketones is 1. The van der Waals surface area contributed by atoms with Crippen LogP contribution >= 0.6 is 0 Å². The van der Waals surface area contributed by atoms with Gasteiger partial charge in [0.15, 0.2) is 17.3 Å². The highest BCUT2D eigenvalue weighted by atomic mass is 16.6. The molecule has 1 aliphatic rings. The molecule has 0 fully saturated rings. The Kier molecular flexibility index (Phi) is 4.34. The Morgan fingerprint density at radius 3 is 2.33 bits per heavy atom. The zero-order chi connectivity index (χ0) is 17.3. The SMILES string of the molecule is CCc1cc(C(=O)Cc2cc3c(cc2C)OCCO3)c(O)cc1O. The van der Waals surface area contributed by atoms with E-state index in [9.17, 15) is 15.0 Å². The minimum absolute atomic E-state index is 0.00191. The molecule has 5 heteroatoms. The first-order valence-electron chi connectivity index (χ1n) is 7.96. The molecule has 0 radical (unpaired) electrons. The van der Waals surface area contributed by atoms with Crippen molar-refractivity contribution in [3.05, 3.63) is 46.5 Å². The highest BCUT2D eigenvalue weighted by Gasteiger charge is 2.19. The molecule has 0 saturated carbocycles. The van der Waals surface area contributed by atoms with Crippen LogP contribution in [0.2, 0.25) is 0 Å². The highest BCUT2D eigenvalue weighted by molar-refractivity contribution is 6.00. The number of aromatic hydroxyl groups is 2. The zero-order valence-corrected chi connectivity index (χ0v) is 13.8. The molecule has 24 heavy (non-hydrogen) atoms. The Morgan fingerprint density at radius 2 is 1.67 bits per heavy atom. The van der Waals surface area contributed by atoms with E-state index in [4.69, 9.17) is 9.47 Å². The smallest absolute Gasteiger partial charge is 0.170 e. The van der Waals surface area contributed by atoms with E-state index in [0.29, 0.717) is 36.7 Å². The van der Waals surface area contributed by atoms with Crippen LogP contribution in [0.3, 0.4) is 0 Å². The molecule has 0 aliphatic carbocycles. The van der Waals surface area contributed by atoms with Gasteiger partial charge in [-0.25, -0.2) is 0 Å². The van der Waals surface area contributed by atoms with Crippen LogP contribution in [0.4, 0.5) is 0 Å². The Labute approximate surface area is 140 Å². The van der Waals surface area contributed by atoms with Gasteiger partial charge in [-0.2, -0.15) is 0 Å². The Morgan fingerprint density at radius 1 is 1.00 bits per heavy atom. The second-order valence-corrected chi connectivity index (χ2v) is 5.87. The van der Waals surface area contributed by atoms with Crippen molar-refractivity contribution < 1.29 is 24.5 Å². The van der Waals surface area contributed by atoms with E-state index in [1.54, 1.807) is 6.07 Å². The molecule has 1 heterocycles. The molecule has 0 aromatic heterocycles. The van der Waals surface area contributed by atoms with Gasteiger partial charge >= 0.3 is 0 Å². The first kappa shape index (κ1) is 16.2. The molecule has 5 nitrogen and oxygen atoms in total. The Bertz CT molecular complexity index is 795. The molecular weight excluding hydrogens is 308 g/mol. The Balaban J connectivity index is 1.90. The van der Waals surface area contributed by atoms with E-state index in [2.05, 4.69) is 0 Å². The van der Waals surface area contributed by atoms with Crippen LogP contribution in [0.1, 0.15) is 34.0 Å². The van der Waals surface area contributed by atoms with Gasteiger partial charge in [-0.15, -0.1) is 0 Å². The average Bonchev–Trinajstić information content (AvgIpc) is 2.55. The molecule has 0 atom stereocenters. The molecule has 3 rings (SSSR count). The fourth-order valence-electron chi connectivity index (χ4n) is 2.82. The standard InChI is InChI=1S/C19H20O5/c1-3-12-7-14(17(22)10-15(12)20)16(21)8-13-9-19-18(6-11(13)2)23-4-5-24-19/h6-7,9-10,20,22H,3-5,8H2,1-2H3. The number of hydrogen-bond donors (Lipinski definition) is 2. The number of hydrogen-bond acceptors (Lipinski definition) is 5. The molecule has 2 aromatic carbocycles. The third-order valence-corrected chi connectivity index (χ3v) is 4.23. The second kappa shape index (κ2) is 6.43. The highest BCUT2D eigenvalue weighted by Crippen LogP contribution is 2.34. The van der Waals surface area contributed by atoms with Gasteiger partial charge in [0.2, 0.25) is 0 Å². The van der Waals surface area contributed by atoms with Crippen molar-refractivity contribution in [3.8, 4) is 23.0 Å². The number of rotatable bonds is 4. The number of Topliss-reactive ketones (excluding diaryl/α,β-unsaturated/α-hetero) is 1. The maximum absolute atomic E-state index is 12.6. The summed E-state index contributed by atoms with van der Waals surface area (Å²) in [4.78, 5) is 12.6. The maximum Gasteiger partial charge on any atom is 0.170 e. The molecular formula is C19H20O5. The molecule has 2 N–H and O–H groups in total. The van der Waals surface area contributed by atoms with Gasteiger partial charge in [-0.1, -0.05) is 6.92 Å². The van der Waals surface area contributed by atoms with Gasteiger partial charge in [0, 0.05) is 12.5 Å². The summed E-state index contributed by atoms with van der Waals surface area (Å²) in [5.41, 5.74) is 2.62. The summed E-state index contributed by atoms with van der Waals surface area (Å²) >= 11 is 0. The van der Waals surface area contributed by atoms with Crippen molar-refractivity contribution in [1.29, 1.82) is 0 Å². The van der Waals surface area contributed by atoms with Gasteiger partial charge in [0.1, 0.15) is 24.7 Å². The van der Waals surface area contributed by atoms with Crippen molar-refractivity contribution in [2.45, 2.75) is 26.7 Å². The molecule has 126 valence electrons. The van der Waals surface area contributed by atoms with E-state index in [0.717, 1.165) is 11.1 Å². The third kappa shape index (κ3) is 3.02. The number of fused-ring (bicyclic) bond motifs is 1.